The number of fused-ring (bicyclic) bond motifs is 1. The van der Waals surface area contributed by atoms with Crippen molar-refractivity contribution in [3.63, 3.8) is 0 Å². The third-order valence-corrected chi connectivity index (χ3v) is 5.69. The summed E-state index contributed by atoms with van der Waals surface area (Å²) in [5.41, 5.74) is 3.08. The van der Waals surface area contributed by atoms with Crippen LogP contribution in [0.2, 0.25) is 5.02 Å². The number of nitrogens with zero attached hydrogens (tertiary/aromatic N) is 2. The SMILES string of the molecule is CS(=O)(=O)N1CCc2c(cncc2C(=O)NCc2ccc(Cl)cc2)C1. The number of hydrogen-bond donors (Lipinski definition) is 1. The zero-order valence-electron chi connectivity index (χ0n) is 13.7. The summed E-state index contributed by atoms with van der Waals surface area (Å²) in [5, 5.41) is 3.52. The van der Waals surface area contributed by atoms with Crippen LogP contribution in [0.4, 0.5) is 0 Å². The van der Waals surface area contributed by atoms with Gasteiger partial charge >= 0.3 is 0 Å². The Kier molecular flexibility index (Phi) is 5.08. The Morgan fingerprint density at radius 1 is 1.28 bits per heavy atom. The molecule has 1 amide bonds. The Balaban J connectivity index is 1.75. The van der Waals surface area contributed by atoms with Crippen LogP contribution in [0.1, 0.15) is 27.0 Å². The topological polar surface area (TPSA) is 79.4 Å². The fourth-order valence-corrected chi connectivity index (χ4v) is 3.75. The van der Waals surface area contributed by atoms with Gasteiger partial charge in [-0.15, -0.1) is 0 Å². The number of benzene rings is 1. The van der Waals surface area contributed by atoms with E-state index in [1.165, 1.54) is 16.8 Å². The zero-order chi connectivity index (χ0) is 18.0. The number of hydrogen-bond acceptors (Lipinski definition) is 4. The molecular formula is C17H18ClN3O3S. The van der Waals surface area contributed by atoms with Crippen molar-refractivity contribution in [2.24, 2.45) is 0 Å². The van der Waals surface area contributed by atoms with Crippen molar-refractivity contribution < 1.29 is 13.2 Å². The predicted molar refractivity (Wildman–Crippen MR) is 95.8 cm³/mol. The molecule has 0 aliphatic carbocycles. The molecule has 1 aliphatic heterocycles. The number of carbonyl (C=O) groups excluding carboxylic acids is 1. The van der Waals surface area contributed by atoms with Crippen molar-refractivity contribution in [2.75, 3.05) is 12.8 Å². The molecule has 132 valence electrons. The van der Waals surface area contributed by atoms with Crippen molar-refractivity contribution in [3.05, 3.63) is 63.9 Å². The number of aromatic nitrogens is 1. The van der Waals surface area contributed by atoms with Gasteiger partial charge in [-0.1, -0.05) is 23.7 Å². The van der Waals surface area contributed by atoms with Crippen molar-refractivity contribution in [2.45, 2.75) is 19.5 Å². The molecule has 0 radical (unpaired) electrons. The highest BCUT2D eigenvalue weighted by atomic mass is 35.5. The van der Waals surface area contributed by atoms with Gasteiger partial charge in [-0.05, 0) is 35.2 Å². The number of nitrogens with one attached hydrogen (secondary N) is 1. The number of pyridine rings is 1. The highest BCUT2D eigenvalue weighted by Gasteiger charge is 2.26. The molecule has 0 bridgehead atoms. The van der Waals surface area contributed by atoms with E-state index in [0.717, 1.165) is 16.7 Å². The summed E-state index contributed by atoms with van der Waals surface area (Å²) in [7, 11) is -3.26. The van der Waals surface area contributed by atoms with Crippen molar-refractivity contribution in [1.29, 1.82) is 0 Å². The molecule has 0 saturated heterocycles. The van der Waals surface area contributed by atoms with Crippen LogP contribution in [0, 0.1) is 0 Å². The minimum Gasteiger partial charge on any atom is -0.348 e. The van der Waals surface area contributed by atoms with Crippen molar-refractivity contribution >= 4 is 27.5 Å². The zero-order valence-corrected chi connectivity index (χ0v) is 15.3. The first kappa shape index (κ1) is 17.8. The van der Waals surface area contributed by atoms with Crippen LogP contribution >= 0.6 is 11.6 Å². The van der Waals surface area contributed by atoms with Crippen molar-refractivity contribution in [1.82, 2.24) is 14.6 Å². The molecule has 25 heavy (non-hydrogen) atoms. The summed E-state index contributed by atoms with van der Waals surface area (Å²) in [6.45, 7) is 1.00. The highest BCUT2D eigenvalue weighted by molar-refractivity contribution is 7.88. The number of carbonyl (C=O) groups is 1. The maximum Gasteiger partial charge on any atom is 0.253 e. The fourth-order valence-electron chi connectivity index (χ4n) is 2.83. The van der Waals surface area contributed by atoms with Gasteiger partial charge in [0.2, 0.25) is 10.0 Å². The smallest absolute Gasteiger partial charge is 0.253 e. The third-order valence-electron chi connectivity index (χ3n) is 4.18. The summed E-state index contributed by atoms with van der Waals surface area (Å²) in [6.07, 6.45) is 4.84. The van der Waals surface area contributed by atoms with Gasteiger partial charge in [-0.3, -0.25) is 9.78 Å². The molecule has 0 fully saturated rings. The monoisotopic (exact) mass is 379 g/mol. The summed E-state index contributed by atoms with van der Waals surface area (Å²) in [4.78, 5) is 16.6. The minimum absolute atomic E-state index is 0.216. The van der Waals surface area contributed by atoms with E-state index in [4.69, 9.17) is 11.6 Å². The summed E-state index contributed by atoms with van der Waals surface area (Å²) in [6, 6.07) is 7.25. The van der Waals surface area contributed by atoms with Crippen LogP contribution < -0.4 is 5.32 Å². The largest absolute Gasteiger partial charge is 0.348 e. The van der Waals surface area contributed by atoms with Crippen LogP contribution in [0.15, 0.2) is 36.7 Å². The minimum atomic E-state index is -3.26. The summed E-state index contributed by atoms with van der Waals surface area (Å²) < 4.78 is 24.8. The van der Waals surface area contributed by atoms with Gasteiger partial charge in [0.25, 0.3) is 5.91 Å². The van der Waals surface area contributed by atoms with E-state index in [-0.39, 0.29) is 12.5 Å². The number of halogens is 1. The van der Waals surface area contributed by atoms with E-state index in [1.54, 1.807) is 18.3 Å². The van der Waals surface area contributed by atoms with E-state index in [1.807, 2.05) is 12.1 Å². The molecule has 8 heteroatoms. The standard InChI is InChI=1S/C17H18ClN3O3S/c1-25(23,24)21-7-6-15-13(11-21)9-19-10-16(15)17(22)20-8-12-2-4-14(18)5-3-12/h2-5,9-10H,6-8,11H2,1H3,(H,20,22). The van der Waals surface area contributed by atoms with Crippen LogP contribution in [-0.4, -0.2) is 36.4 Å². The van der Waals surface area contributed by atoms with Gasteiger partial charge < -0.3 is 5.32 Å². The Morgan fingerprint density at radius 3 is 2.68 bits per heavy atom. The Morgan fingerprint density at radius 2 is 2.00 bits per heavy atom. The van der Waals surface area contributed by atoms with Crippen LogP contribution in [-0.2, 0) is 29.5 Å². The molecule has 1 aromatic carbocycles. The fraction of sp³-hybridized carbons (Fsp3) is 0.294. The Bertz CT molecular complexity index is 898. The Labute approximate surface area is 151 Å². The lowest BCUT2D eigenvalue weighted by atomic mass is 9.98. The van der Waals surface area contributed by atoms with Gasteiger partial charge in [0, 0.05) is 37.1 Å². The number of sulfonamides is 1. The second-order valence-corrected chi connectivity index (χ2v) is 8.40. The molecule has 0 saturated carbocycles. The Hall–Kier alpha value is -1.96. The lowest BCUT2D eigenvalue weighted by Crippen LogP contribution is -2.36. The second-order valence-electron chi connectivity index (χ2n) is 5.98. The lowest BCUT2D eigenvalue weighted by molar-refractivity contribution is 0.0949. The maximum atomic E-state index is 12.5. The van der Waals surface area contributed by atoms with E-state index in [2.05, 4.69) is 10.3 Å². The molecule has 2 aromatic rings. The average Bonchev–Trinajstić information content (AvgIpc) is 2.59. The first-order valence-corrected chi connectivity index (χ1v) is 10.0. The van der Waals surface area contributed by atoms with Gasteiger partial charge in [0.05, 0.1) is 11.8 Å². The molecule has 1 N–H and O–H groups in total. The van der Waals surface area contributed by atoms with Crippen LogP contribution in [0.3, 0.4) is 0 Å². The van der Waals surface area contributed by atoms with E-state index < -0.39 is 10.0 Å². The second kappa shape index (κ2) is 7.11. The maximum absolute atomic E-state index is 12.5. The normalized spacial score (nSPS) is 14.8. The van der Waals surface area contributed by atoms with Gasteiger partial charge in [0.1, 0.15) is 0 Å². The molecule has 0 atom stereocenters. The first-order valence-electron chi connectivity index (χ1n) is 7.78. The van der Waals surface area contributed by atoms with E-state index >= 15 is 0 Å². The molecule has 3 rings (SSSR count). The molecular weight excluding hydrogens is 362 g/mol. The highest BCUT2D eigenvalue weighted by Crippen LogP contribution is 2.23. The summed E-state index contributed by atoms with van der Waals surface area (Å²) >= 11 is 5.85. The first-order chi connectivity index (χ1) is 11.8. The molecule has 1 aromatic heterocycles. The van der Waals surface area contributed by atoms with Crippen LogP contribution in [0.25, 0.3) is 0 Å². The predicted octanol–water partition coefficient (Wildman–Crippen LogP) is 1.98. The molecule has 0 unspecified atom stereocenters. The van der Waals surface area contributed by atoms with Gasteiger partial charge in [-0.2, -0.15) is 4.31 Å². The van der Waals surface area contributed by atoms with Crippen LogP contribution in [0.5, 0.6) is 0 Å². The quantitative estimate of drug-likeness (QED) is 0.880. The lowest BCUT2D eigenvalue weighted by Gasteiger charge is -2.27. The van der Waals surface area contributed by atoms with Gasteiger partial charge in [-0.25, -0.2) is 8.42 Å². The molecule has 2 heterocycles. The molecule has 1 aliphatic rings. The third kappa shape index (κ3) is 4.18. The van der Waals surface area contributed by atoms with E-state index in [0.29, 0.717) is 30.1 Å². The average molecular weight is 380 g/mol. The number of rotatable bonds is 4. The van der Waals surface area contributed by atoms with E-state index in [9.17, 15) is 13.2 Å². The summed E-state index contributed by atoms with van der Waals surface area (Å²) in [5.74, 6) is -0.216. The number of amides is 1. The molecule has 0 spiro atoms. The van der Waals surface area contributed by atoms with Gasteiger partial charge in [0.15, 0.2) is 0 Å². The molecule has 6 nitrogen and oxygen atoms in total. The van der Waals surface area contributed by atoms with Crippen molar-refractivity contribution in [3.8, 4) is 0 Å².